The van der Waals surface area contributed by atoms with E-state index in [0.29, 0.717) is 18.2 Å². The Morgan fingerprint density at radius 3 is 2.58 bits per heavy atom. The second-order valence-corrected chi connectivity index (χ2v) is 5.27. The summed E-state index contributed by atoms with van der Waals surface area (Å²) in [6, 6.07) is 10.7. The molecule has 1 aromatic rings. The molecule has 2 rings (SSSR count). The van der Waals surface area contributed by atoms with Crippen molar-refractivity contribution in [2.24, 2.45) is 0 Å². The van der Waals surface area contributed by atoms with Crippen LogP contribution in [0.15, 0.2) is 30.3 Å². The highest BCUT2D eigenvalue weighted by Crippen LogP contribution is 2.27. The predicted octanol–water partition coefficient (Wildman–Crippen LogP) is 2.39. The summed E-state index contributed by atoms with van der Waals surface area (Å²) in [5, 5.41) is 3.08. The van der Waals surface area contributed by atoms with E-state index in [1.54, 1.807) is 0 Å². The molecule has 19 heavy (non-hydrogen) atoms. The van der Waals surface area contributed by atoms with Gasteiger partial charge < -0.3 is 10.2 Å². The number of rotatable bonds is 5. The first-order chi connectivity index (χ1) is 9.31. The van der Waals surface area contributed by atoms with Crippen molar-refractivity contribution in [1.29, 1.82) is 0 Å². The van der Waals surface area contributed by atoms with Gasteiger partial charge in [-0.15, -0.1) is 0 Å². The lowest BCUT2D eigenvalue weighted by atomic mass is 9.89. The SMILES string of the molecule is CNCCCC(=O)N1CCC(c2ccccc2)CC1. The summed E-state index contributed by atoms with van der Waals surface area (Å²) in [6.07, 6.45) is 3.81. The lowest BCUT2D eigenvalue weighted by molar-refractivity contribution is -0.132. The lowest BCUT2D eigenvalue weighted by Gasteiger charge is -2.32. The fraction of sp³-hybridized carbons (Fsp3) is 0.562. The van der Waals surface area contributed by atoms with Crippen LogP contribution >= 0.6 is 0 Å². The van der Waals surface area contributed by atoms with Crippen LogP contribution in [0, 0.1) is 0 Å². The summed E-state index contributed by atoms with van der Waals surface area (Å²) < 4.78 is 0. The van der Waals surface area contributed by atoms with E-state index in [9.17, 15) is 4.79 Å². The zero-order valence-corrected chi connectivity index (χ0v) is 11.8. The van der Waals surface area contributed by atoms with Crippen molar-refractivity contribution in [3.63, 3.8) is 0 Å². The Balaban J connectivity index is 1.77. The average molecular weight is 260 g/mol. The minimum absolute atomic E-state index is 0.321. The molecular formula is C16H24N2O. The van der Waals surface area contributed by atoms with Crippen LogP contribution in [-0.2, 0) is 4.79 Å². The van der Waals surface area contributed by atoms with Gasteiger partial charge in [-0.1, -0.05) is 30.3 Å². The van der Waals surface area contributed by atoms with Gasteiger partial charge in [0.25, 0.3) is 0 Å². The zero-order chi connectivity index (χ0) is 13.5. The molecule has 3 heteroatoms. The molecule has 0 saturated carbocycles. The Morgan fingerprint density at radius 1 is 1.26 bits per heavy atom. The summed E-state index contributed by atoms with van der Waals surface area (Å²) in [6.45, 7) is 2.75. The van der Waals surface area contributed by atoms with Crippen LogP contribution in [0.5, 0.6) is 0 Å². The number of piperidine rings is 1. The van der Waals surface area contributed by atoms with Gasteiger partial charge in [0.2, 0.25) is 5.91 Å². The van der Waals surface area contributed by atoms with Crippen molar-refractivity contribution in [2.45, 2.75) is 31.6 Å². The Kier molecular flexibility index (Phi) is 5.40. The molecule has 0 radical (unpaired) electrons. The normalized spacial score (nSPS) is 16.6. The minimum Gasteiger partial charge on any atom is -0.343 e. The molecule has 1 heterocycles. The van der Waals surface area contributed by atoms with E-state index in [2.05, 4.69) is 35.6 Å². The minimum atomic E-state index is 0.321. The molecule has 0 bridgehead atoms. The molecule has 1 fully saturated rings. The van der Waals surface area contributed by atoms with E-state index in [-0.39, 0.29) is 0 Å². The van der Waals surface area contributed by atoms with E-state index in [1.165, 1.54) is 5.56 Å². The van der Waals surface area contributed by atoms with Gasteiger partial charge in [-0.05, 0) is 44.3 Å². The van der Waals surface area contributed by atoms with Crippen molar-refractivity contribution in [3.8, 4) is 0 Å². The predicted molar refractivity (Wildman–Crippen MR) is 78.2 cm³/mol. The average Bonchev–Trinajstić information content (AvgIpc) is 2.48. The second-order valence-electron chi connectivity index (χ2n) is 5.27. The van der Waals surface area contributed by atoms with Gasteiger partial charge in [-0.25, -0.2) is 0 Å². The van der Waals surface area contributed by atoms with E-state index >= 15 is 0 Å². The Morgan fingerprint density at radius 2 is 1.95 bits per heavy atom. The zero-order valence-electron chi connectivity index (χ0n) is 11.8. The number of likely N-dealkylation sites (tertiary alicyclic amines) is 1. The van der Waals surface area contributed by atoms with Crippen molar-refractivity contribution >= 4 is 5.91 Å². The van der Waals surface area contributed by atoms with Crippen molar-refractivity contribution in [3.05, 3.63) is 35.9 Å². The lowest BCUT2D eigenvalue weighted by Crippen LogP contribution is -2.38. The number of nitrogens with one attached hydrogen (secondary N) is 1. The number of nitrogens with zero attached hydrogens (tertiary/aromatic N) is 1. The highest BCUT2D eigenvalue weighted by atomic mass is 16.2. The number of carbonyl (C=O) groups is 1. The summed E-state index contributed by atoms with van der Waals surface area (Å²) in [5.41, 5.74) is 1.42. The highest BCUT2D eigenvalue weighted by molar-refractivity contribution is 5.76. The molecule has 1 N–H and O–H groups in total. The van der Waals surface area contributed by atoms with Crippen molar-refractivity contribution in [1.82, 2.24) is 10.2 Å². The molecule has 0 aromatic heterocycles. The summed E-state index contributed by atoms with van der Waals surface area (Å²) in [5.74, 6) is 0.948. The summed E-state index contributed by atoms with van der Waals surface area (Å²) in [7, 11) is 1.93. The molecule has 1 saturated heterocycles. The molecule has 1 amide bonds. The van der Waals surface area contributed by atoms with Gasteiger partial charge >= 0.3 is 0 Å². The van der Waals surface area contributed by atoms with Crippen LogP contribution in [0.3, 0.4) is 0 Å². The van der Waals surface area contributed by atoms with Crippen LogP contribution in [0.2, 0.25) is 0 Å². The Bertz CT molecular complexity index is 383. The topological polar surface area (TPSA) is 32.3 Å². The van der Waals surface area contributed by atoms with Gasteiger partial charge in [0.1, 0.15) is 0 Å². The van der Waals surface area contributed by atoms with Gasteiger partial charge in [-0.2, -0.15) is 0 Å². The number of amides is 1. The first-order valence-corrected chi connectivity index (χ1v) is 7.28. The van der Waals surface area contributed by atoms with Gasteiger partial charge in [0, 0.05) is 19.5 Å². The molecule has 1 aromatic carbocycles. The number of benzene rings is 1. The molecule has 3 nitrogen and oxygen atoms in total. The maximum atomic E-state index is 12.0. The van der Waals surface area contributed by atoms with E-state index in [0.717, 1.165) is 38.9 Å². The maximum Gasteiger partial charge on any atom is 0.222 e. The monoisotopic (exact) mass is 260 g/mol. The Hall–Kier alpha value is -1.35. The molecular weight excluding hydrogens is 236 g/mol. The van der Waals surface area contributed by atoms with Crippen LogP contribution in [0.4, 0.5) is 0 Å². The van der Waals surface area contributed by atoms with E-state index in [1.807, 2.05) is 11.9 Å². The Labute approximate surface area is 116 Å². The van der Waals surface area contributed by atoms with Crippen LogP contribution < -0.4 is 5.32 Å². The first-order valence-electron chi connectivity index (χ1n) is 7.28. The molecule has 0 unspecified atom stereocenters. The van der Waals surface area contributed by atoms with Crippen LogP contribution in [-0.4, -0.2) is 37.5 Å². The number of hydrogen-bond donors (Lipinski definition) is 1. The van der Waals surface area contributed by atoms with Crippen molar-refractivity contribution < 1.29 is 4.79 Å². The molecule has 1 aliphatic rings. The fourth-order valence-corrected chi connectivity index (χ4v) is 2.76. The van der Waals surface area contributed by atoms with Gasteiger partial charge in [0.15, 0.2) is 0 Å². The quantitative estimate of drug-likeness (QED) is 0.825. The third kappa shape index (κ3) is 4.06. The van der Waals surface area contributed by atoms with Gasteiger partial charge in [0.05, 0.1) is 0 Å². The summed E-state index contributed by atoms with van der Waals surface area (Å²) >= 11 is 0. The molecule has 0 spiro atoms. The highest BCUT2D eigenvalue weighted by Gasteiger charge is 2.23. The molecule has 0 aliphatic carbocycles. The van der Waals surface area contributed by atoms with Gasteiger partial charge in [-0.3, -0.25) is 4.79 Å². The second kappa shape index (κ2) is 7.29. The number of carbonyl (C=O) groups excluding carboxylic acids is 1. The first kappa shape index (κ1) is 14.1. The molecule has 0 atom stereocenters. The smallest absolute Gasteiger partial charge is 0.222 e. The standard InChI is InChI=1S/C16H24N2O/c1-17-11-5-8-16(19)18-12-9-15(10-13-18)14-6-3-2-4-7-14/h2-4,6-7,15,17H,5,8-13H2,1H3. The molecule has 1 aliphatic heterocycles. The summed E-state index contributed by atoms with van der Waals surface area (Å²) in [4.78, 5) is 14.1. The largest absolute Gasteiger partial charge is 0.343 e. The van der Waals surface area contributed by atoms with E-state index < -0.39 is 0 Å². The molecule has 104 valence electrons. The maximum absolute atomic E-state index is 12.0. The van der Waals surface area contributed by atoms with Crippen LogP contribution in [0.25, 0.3) is 0 Å². The van der Waals surface area contributed by atoms with Crippen LogP contribution in [0.1, 0.15) is 37.2 Å². The fourth-order valence-electron chi connectivity index (χ4n) is 2.76. The van der Waals surface area contributed by atoms with Crippen molar-refractivity contribution in [2.75, 3.05) is 26.7 Å². The third-order valence-corrected chi connectivity index (χ3v) is 3.94. The van der Waals surface area contributed by atoms with E-state index in [4.69, 9.17) is 0 Å². The third-order valence-electron chi connectivity index (χ3n) is 3.94. The number of hydrogen-bond acceptors (Lipinski definition) is 2.